The molecule has 1 saturated heterocycles. The van der Waals surface area contributed by atoms with Gasteiger partial charge in [-0.2, -0.15) is 15.2 Å². The highest BCUT2D eigenvalue weighted by molar-refractivity contribution is 5.68. The Hall–Kier alpha value is -3.85. The van der Waals surface area contributed by atoms with Crippen molar-refractivity contribution in [3.63, 3.8) is 0 Å². The van der Waals surface area contributed by atoms with Crippen LogP contribution in [0.3, 0.4) is 0 Å². The van der Waals surface area contributed by atoms with Crippen molar-refractivity contribution >= 4 is 12.0 Å². The van der Waals surface area contributed by atoms with Gasteiger partial charge in [-0.3, -0.25) is 4.90 Å². The topological polar surface area (TPSA) is 147 Å². The monoisotopic (exact) mass is 483 g/mol. The van der Waals surface area contributed by atoms with Crippen LogP contribution in [0.25, 0.3) is 11.7 Å². The predicted octanol–water partition coefficient (Wildman–Crippen LogP) is 3.27. The predicted molar refractivity (Wildman–Crippen MR) is 123 cm³/mol. The number of oxazole rings is 1. The number of alkyl carbamates (subject to hydrolysis) is 1. The lowest BCUT2D eigenvalue weighted by molar-refractivity contribution is 0.0465. The number of hydrogen-bond donors (Lipinski definition) is 1. The van der Waals surface area contributed by atoms with Crippen LogP contribution in [0, 0.1) is 11.3 Å². The Kier molecular flexibility index (Phi) is 6.53. The van der Waals surface area contributed by atoms with Gasteiger partial charge in [0.2, 0.25) is 17.5 Å². The highest BCUT2D eigenvalue weighted by Gasteiger charge is 2.32. The first-order chi connectivity index (χ1) is 16.5. The molecule has 186 valence electrons. The maximum atomic E-state index is 12.2. The number of piperazine rings is 1. The van der Waals surface area contributed by atoms with E-state index in [-0.39, 0.29) is 11.6 Å². The molecule has 0 aromatic carbocycles. The standard InChI is InChI=1S/C23H29N7O5/c1-22(2,3)34-21(31)27-23(4,5)20-26-17(35-28-20)14-29-8-10-30(11-9-29)19-15(13-24)25-18(33-19)16-7-6-12-32-16/h6-7,12H,8-11,14H2,1-5H3,(H,27,31). The lowest BCUT2D eigenvalue weighted by Crippen LogP contribution is -2.46. The zero-order valence-electron chi connectivity index (χ0n) is 20.5. The van der Waals surface area contributed by atoms with E-state index in [0.29, 0.717) is 56.1 Å². The van der Waals surface area contributed by atoms with Crippen LogP contribution in [0.15, 0.2) is 31.8 Å². The van der Waals surface area contributed by atoms with Crippen molar-refractivity contribution in [1.29, 1.82) is 5.26 Å². The Bertz CT molecular complexity index is 1190. The fraction of sp³-hybridized carbons (Fsp3) is 0.522. The van der Waals surface area contributed by atoms with Gasteiger partial charge in [-0.05, 0) is 46.8 Å². The number of carbonyl (C=O) groups is 1. The van der Waals surface area contributed by atoms with Crippen LogP contribution in [0.2, 0.25) is 0 Å². The maximum Gasteiger partial charge on any atom is 0.408 e. The van der Waals surface area contributed by atoms with E-state index in [9.17, 15) is 10.1 Å². The molecule has 1 fully saturated rings. The quantitative estimate of drug-likeness (QED) is 0.551. The van der Waals surface area contributed by atoms with Gasteiger partial charge < -0.3 is 28.3 Å². The minimum atomic E-state index is -0.867. The Balaban J connectivity index is 1.34. The number of hydrogen-bond acceptors (Lipinski definition) is 11. The number of aromatic nitrogens is 3. The molecule has 3 aromatic heterocycles. The minimum Gasteiger partial charge on any atom is -0.459 e. The van der Waals surface area contributed by atoms with Crippen LogP contribution in [-0.2, 0) is 16.8 Å². The zero-order valence-corrected chi connectivity index (χ0v) is 20.5. The Morgan fingerprint density at radius 2 is 1.94 bits per heavy atom. The second kappa shape index (κ2) is 9.42. The number of ether oxygens (including phenoxy) is 1. The summed E-state index contributed by atoms with van der Waals surface area (Å²) in [5, 5.41) is 16.3. The molecule has 3 aromatic rings. The average Bonchev–Trinajstić information content (AvgIpc) is 3.53. The molecular formula is C23H29N7O5. The van der Waals surface area contributed by atoms with Gasteiger partial charge in [0.25, 0.3) is 5.89 Å². The molecule has 1 N–H and O–H groups in total. The van der Waals surface area contributed by atoms with Gasteiger partial charge in [-0.25, -0.2) is 4.79 Å². The first kappa shape index (κ1) is 24.3. The van der Waals surface area contributed by atoms with E-state index >= 15 is 0 Å². The van der Waals surface area contributed by atoms with Gasteiger partial charge in [-0.15, -0.1) is 0 Å². The van der Waals surface area contributed by atoms with Crippen molar-refractivity contribution in [1.82, 2.24) is 25.3 Å². The molecule has 12 heteroatoms. The summed E-state index contributed by atoms with van der Waals surface area (Å²) in [5.74, 6) is 2.01. The minimum absolute atomic E-state index is 0.228. The third-order valence-corrected chi connectivity index (χ3v) is 5.31. The number of anilines is 1. The molecule has 1 aliphatic heterocycles. The van der Waals surface area contributed by atoms with Crippen molar-refractivity contribution < 1.29 is 22.9 Å². The summed E-state index contributed by atoms with van der Waals surface area (Å²) in [7, 11) is 0. The van der Waals surface area contributed by atoms with Crippen LogP contribution in [-0.4, -0.2) is 57.9 Å². The van der Waals surface area contributed by atoms with Gasteiger partial charge >= 0.3 is 6.09 Å². The molecule has 1 amide bonds. The molecule has 0 saturated carbocycles. The van der Waals surface area contributed by atoms with Crippen molar-refractivity contribution in [3.8, 4) is 17.7 Å². The molecule has 4 rings (SSSR count). The molecular weight excluding hydrogens is 454 g/mol. The highest BCUT2D eigenvalue weighted by atomic mass is 16.6. The molecule has 12 nitrogen and oxygen atoms in total. The zero-order chi connectivity index (χ0) is 25.2. The van der Waals surface area contributed by atoms with Crippen molar-refractivity contribution in [2.24, 2.45) is 0 Å². The highest BCUT2D eigenvalue weighted by Crippen LogP contribution is 2.29. The summed E-state index contributed by atoms with van der Waals surface area (Å²) in [6.07, 6.45) is 0.978. The molecule has 0 unspecified atom stereocenters. The Labute approximate surface area is 202 Å². The third kappa shape index (κ3) is 5.81. The number of nitriles is 1. The van der Waals surface area contributed by atoms with Crippen LogP contribution >= 0.6 is 0 Å². The van der Waals surface area contributed by atoms with E-state index in [2.05, 4.69) is 31.4 Å². The summed E-state index contributed by atoms with van der Waals surface area (Å²) < 4.78 is 21.9. The second-order valence-corrected chi connectivity index (χ2v) is 9.79. The number of nitrogens with one attached hydrogen (secondary N) is 1. The molecule has 1 aliphatic rings. The summed E-state index contributed by atoms with van der Waals surface area (Å²) in [6, 6.07) is 5.57. The van der Waals surface area contributed by atoms with Gasteiger partial charge in [0.1, 0.15) is 17.2 Å². The first-order valence-corrected chi connectivity index (χ1v) is 11.3. The van der Waals surface area contributed by atoms with Crippen LogP contribution in [0.4, 0.5) is 10.7 Å². The summed E-state index contributed by atoms with van der Waals surface area (Å²) in [4.78, 5) is 25.0. The fourth-order valence-electron chi connectivity index (χ4n) is 3.59. The van der Waals surface area contributed by atoms with Gasteiger partial charge in [0, 0.05) is 26.2 Å². The van der Waals surface area contributed by atoms with E-state index in [0.717, 1.165) is 0 Å². The van der Waals surface area contributed by atoms with E-state index in [4.69, 9.17) is 18.1 Å². The van der Waals surface area contributed by atoms with E-state index in [1.165, 1.54) is 6.26 Å². The lowest BCUT2D eigenvalue weighted by atomic mass is 10.1. The molecule has 4 heterocycles. The van der Waals surface area contributed by atoms with E-state index < -0.39 is 17.2 Å². The normalized spacial score (nSPS) is 15.1. The van der Waals surface area contributed by atoms with Crippen LogP contribution in [0.1, 0.15) is 52.0 Å². The number of nitrogens with zero attached hydrogens (tertiary/aromatic N) is 6. The van der Waals surface area contributed by atoms with Gasteiger partial charge in [0.05, 0.1) is 12.8 Å². The summed E-state index contributed by atoms with van der Waals surface area (Å²) in [6.45, 7) is 12.1. The van der Waals surface area contributed by atoms with Crippen molar-refractivity contribution in [3.05, 3.63) is 35.8 Å². The third-order valence-electron chi connectivity index (χ3n) is 5.31. The molecule has 0 bridgehead atoms. The second-order valence-electron chi connectivity index (χ2n) is 9.79. The Morgan fingerprint density at radius 1 is 1.20 bits per heavy atom. The molecule has 0 atom stereocenters. The maximum absolute atomic E-state index is 12.2. The van der Waals surface area contributed by atoms with Gasteiger partial charge in [-0.1, -0.05) is 5.16 Å². The van der Waals surface area contributed by atoms with E-state index in [1.54, 1.807) is 46.8 Å². The van der Waals surface area contributed by atoms with Crippen molar-refractivity contribution in [2.45, 2.75) is 52.3 Å². The molecule has 35 heavy (non-hydrogen) atoms. The summed E-state index contributed by atoms with van der Waals surface area (Å²) in [5.41, 5.74) is -1.25. The Morgan fingerprint density at radius 3 is 2.57 bits per heavy atom. The number of carbonyl (C=O) groups excluding carboxylic acids is 1. The lowest BCUT2D eigenvalue weighted by Gasteiger charge is -2.33. The van der Waals surface area contributed by atoms with Crippen molar-refractivity contribution in [2.75, 3.05) is 31.1 Å². The number of furan rings is 1. The number of rotatable bonds is 6. The molecule has 0 aliphatic carbocycles. The van der Waals surface area contributed by atoms with Crippen LogP contribution < -0.4 is 10.2 Å². The average molecular weight is 484 g/mol. The summed E-state index contributed by atoms with van der Waals surface area (Å²) >= 11 is 0. The van der Waals surface area contributed by atoms with Gasteiger partial charge in [0.15, 0.2) is 11.6 Å². The number of amides is 1. The SMILES string of the molecule is CC(C)(C)OC(=O)NC(C)(C)c1noc(CN2CCN(c3oc(-c4ccco4)nc3C#N)CC2)n1. The van der Waals surface area contributed by atoms with E-state index in [1.807, 2.05) is 4.90 Å². The largest absolute Gasteiger partial charge is 0.459 e. The first-order valence-electron chi connectivity index (χ1n) is 11.3. The van der Waals surface area contributed by atoms with Crippen LogP contribution in [0.5, 0.6) is 0 Å². The molecule has 0 spiro atoms. The molecule has 0 radical (unpaired) electrons. The fourth-order valence-corrected chi connectivity index (χ4v) is 3.59. The smallest absolute Gasteiger partial charge is 0.408 e.